The van der Waals surface area contributed by atoms with Crippen molar-refractivity contribution >= 4 is 11.6 Å². The molecule has 1 heterocycles. The van der Waals surface area contributed by atoms with E-state index in [1.165, 1.54) is 35.4 Å². The summed E-state index contributed by atoms with van der Waals surface area (Å²) in [7, 11) is 6.06. The normalized spacial score (nSPS) is 12.6. The van der Waals surface area contributed by atoms with E-state index in [0.717, 1.165) is 0 Å². The van der Waals surface area contributed by atoms with Crippen molar-refractivity contribution in [3.05, 3.63) is 36.5 Å². The number of amides is 1. The molecule has 0 saturated carbocycles. The Kier molecular flexibility index (Phi) is 7.41. The average Bonchev–Trinajstić information content (AvgIpc) is 3.32. The maximum atomic E-state index is 12.4. The predicted octanol–water partition coefficient (Wildman–Crippen LogP) is 2.69. The van der Waals surface area contributed by atoms with Gasteiger partial charge in [-0.05, 0) is 36.8 Å². The van der Waals surface area contributed by atoms with Gasteiger partial charge in [-0.3, -0.25) is 4.79 Å². The highest BCUT2D eigenvalue weighted by Gasteiger charge is 2.22. The van der Waals surface area contributed by atoms with Gasteiger partial charge in [0, 0.05) is 11.1 Å². The Bertz CT molecular complexity index is 1100. The van der Waals surface area contributed by atoms with Crippen LogP contribution in [0, 0.1) is 0 Å². The van der Waals surface area contributed by atoms with Crippen LogP contribution in [0.25, 0.3) is 22.5 Å². The number of carbonyl (C=O) groups excluding carboxylic acids is 1. The van der Waals surface area contributed by atoms with Crippen LogP contribution in [-0.2, 0) is 4.79 Å². The number of methoxy groups -OCH3 is 4. The monoisotopic (exact) mass is 457 g/mol. The molecule has 0 fully saturated rings. The molecule has 0 bridgehead atoms. The van der Waals surface area contributed by atoms with Gasteiger partial charge in [0.1, 0.15) is 11.8 Å². The molecule has 2 aromatic carbocycles. The van der Waals surface area contributed by atoms with E-state index in [1.54, 1.807) is 36.5 Å². The smallest absolute Gasteiger partial charge is 0.244 e. The molecule has 0 aliphatic rings. The zero-order valence-electron chi connectivity index (χ0n) is 19.0. The maximum absolute atomic E-state index is 12.4. The second kappa shape index (κ2) is 10.2. The lowest BCUT2D eigenvalue weighted by Crippen LogP contribution is -2.43. The molecular formula is C23H27N3O7. The molecule has 10 heteroatoms. The van der Waals surface area contributed by atoms with Crippen LogP contribution in [-0.4, -0.2) is 56.8 Å². The summed E-state index contributed by atoms with van der Waals surface area (Å²) in [5.41, 5.74) is 8.13. The standard InChI is InChI=1S/C23H27N3O7/c1-12(27)20(24)23(28)26-16-8-13(6-7-17(16)29-2)15-11-25-33-21(15)14-9-18(30-3)22(32-5)19(10-14)31-4/h6-12,20,27H,24H2,1-5H3,(H,26,28). The molecule has 0 radical (unpaired) electrons. The summed E-state index contributed by atoms with van der Waals surface area (Å²) in [5.74, 6) is 1.71. The first-order valence-corrected chi connectivity index (χ1v) is 10.0. The lowest BCUT2D eigenvalue weighted by atomic mass is 10.0. The summed E-state index contributed by atoms with van der Waals surface area (Å²) in [6.45, 7) is 1.44. The van der Waals surface area contributed by atoms with E-state index in [0.29, 0.717) is 51.1 Å². The van der Waals surface area contributed by atoms with Crippen molar-refractivity contribution in [1.82, 2.24) is 5.16 Å². The summed E-state index contributed by atoms with van der Waals surface area (Å²) in [6, 6.07) is 7.61. The van der Waals surface area contributed by atoms with Gasteiger partial charge in [-0.2, -0.15) is 0 Å². The minimum atomic E-state index is -1.09. The van der Waals surface area contributed by atoms with Gasteiger partial charge in [0.25, 0.3) is 0 Å². The van der Waals surface area contributed by atoms with E-state index in [9.17, 15) is 9.90 Å². The summed E-state index contributed by atoms with van der Waals surface area (Å²) >= 11 is 0. The SMILES string of the molecule is COc1ccc(-c2cnoc2-c2cc(OC)c(OC)c(OC)c2)cc1NC(=O)C(N)C(C)O. The van der Waals surface area contributed by atoms with Gasteiger partial charge in [0.15, 0.2) is 17.3 Å². The number of hydrogen-bond donors (Lipinski definition) is 3. The third kappa shape index (κ3) is 4.86. The minimum absolute atomic E-state index is 0.383. The maximum Gasteiger partial charge on any atom is 0.244 e. The first-order valence-electron chi connectivity index (χ1n) is 10.0. The Hall–Kier alpha value is -3.76. The van der Waals surface area contributed by atoms with Crippen molar-refractivity contribution in [3.8, 4) is 45.4 Å². The molecule has 1 aromatic heterocycles. The molecule has 0 aliphatic carbocycles. The second-order valence-electron chi connectivity index (χ2n) is 7.15. The van der Waals surface area contributed by atoms with Gasteiger partial charge in [0.05, 0.1) is 46.4 Å². The highest BCUT2D eigenvalue weighted by atomic mass is 16.5. The van der Waals surface area contributed by atoms with Crippen LogP contribution in [0.2, 0.25) is 0 Å². The van der Waals surface area contributed by atoms with Crippen LogP contribution in [0.1, 0.15) is 6.92 Å². The van der Waals surface area contributed by atoms with E-state index in [2.05, 4.69) is 10.5 Å². The number of carbonyl (C=O) groups is 1. The fraction of sp³-hybridized carbons (Fsp3) is 0.304. The quantitative estimate of drug-likeness (QED) is 0.443. The van der Waals surface area contributed by atoms with Gasteiger partial charge < -0.3 is 39.6 Å². The molecule has 3 rings (SSSR count). The number of aliphatic hydroxyl groups is 1. The molecule has 33 heavy (non-hydrogen) atoms. The average molecular weight is 457 g/mol. The second-order valence-corrected chi connectivity index (χ2v) is 7.15. The van der Waals surface area contributed by atoms with Crippen molar-refractivity contribution in [2.75, 3.05) is 33.8 Å². The fourth-order valence-corrected chi connectivity index (χ4v) is 3.27. The van der Waals surface area contributed by atoms with Crippen LogP contribution in [0.4, 0.5) is 5.69 Å². The third-order valence-corrected chi connectivity index (χ3v) is 5.09. The number of anilines is 1. The van der Waals surface area contributed by atoms with Crippen molar-refractivity contribution in [2.45, 2.75) is 19.1 Å². The van der Waals surface area contributed by atoms with E-state index < -0.39 is 18.1 Å². The number of aliphatic hydroxyl groups excluding tert-OH is 1. The minimum Gasteiger partial charge on any atom is -0.495 e. The van der Waals surface area contributed by atoms with Crippen molar-refractivity contribution < 1.29 is 33.4 Å². The number of benzene rings is 2. The molecule has 10 nitrogen and oxygen atoms in total. The molecule has 4 N–H and O–H groups in total. The Balaban J connectivity index is 2.06. The summed E-state index contributed by atoms with van der Waals surface area (Å²) in [4.78, 5) is 12.4. The molecule has 3 aromatic rings. The lowest BCUT2D eigenvalue weighted by molar-refractivity contribution is -0.119. The molecule has 0 aliphatic heterocycles. The number of nitrogens with one attached hydrogen (secondary N) is 1. The first kappa shape index (κ1) is 23.9. The van der Waals surface area contributed by atoms with Crippen LogP contribution in [0.3, 0.4) is 0 Å². The predicted molar refractivity (Wildman–Crippen MR) is 122 cm³/mol. The third-order valence-electron chi connectivity index (χ3n) is 5.09. The van der Waals surface area contributed by atoms with Gasteiger partial charge in [-0.1, -0.05) is 11.2 Å². The molecule has 176 valence electrons. The van der Waals surface area contributed by atoms with Crippen LogP contribution < -0.4 is 30.0 Å². The van der Waals surface area contributed by atoms with E-state index in [-0.39, 0.29) is 0 Å². The highest BCUT2D eigenvalue weighted by molar-refractivity contribution is 5.97. The summed E-state index contributed by atoms with van der Waals surface area (Å²) < 4.78 is 27.2. The molecule has 2 unspecified atom stereocenters. The van der Waals surface area contributed by atoms with Gasteiger partial charge in [-0.15, -0.1) is 0 Å². The molecule has 0 saturated heterocycles. The highest BCUT2D eigenvalue weighted by Crippen LogP contribution is 2.44. The first-order chi connectivity index (χ1) is 15.8. The van der Waals surface area contributed by atoms with E-state index in [1.807, 2.05) is 0 Å². The summed E-state index contributed by atoms with van der Waals surface area (Å²) in [6.07, 6.45) is 0.553. The number of nitrogens with two attached hydrogens (primary N) is 1. The Labute approximate surface area is 191 Å². The van der Waals surface area contributed by atoms with Crippen LogP contribution in [0.5, 0.6) is 23.0 Å². The van der Waals surface area contributed by atoms with Gasteiger partial charge in [-0.25, -0.2) is 0 Å². The molecule has 0 spiro atoms. The number of hydrogen-bond acceptors (Lipinski definition) is 9. The fourth-order valence-electron chi connectivity index (χ4n) is 3.27. The molecule has 1 amide bonds. The van der Waals surface area contributed by atoms with Crippen molar-refractivity contribution in [1.29, 1.82) is 0 Å². The van der Waals surface area contributed by atoms with Gasteiger partial charge in [0.2, 0.25) is 11.7 Å². The number of nitrogens with zero attached hydrogens (tertiary/aromatic N) is 1. The largest absolute Gasteiger partial charge is 0.495 e. The number of rotatable bonds is 9. The number of aromatic nitrogens is 1. The van der Waals surface area contributed by atoms with Crippen LogP contribution in [0.15, 0.2) is 41.1 Å². The van der Waals surface area contributed by atoms with E-state index in [4.69, 9.17) is 29.2 Å². The lowest BCUT2D eigenvalue weighted by Gasteiger charge is -2.17. The van der Waals surface area contributed by atoms with Crippen LogP contribution >= 0.6 is 0 Å². The Morgan fingerprint density at radius 3 is 2.18 bits per heavy atom. The Morgan fingerprint density at radius 2 is 1.64 bits per heavy atom. The molecule has 2 atom stereocenters. The van der Waals surface area contributed by atoms with E-state index >= 15 is 0 Å². The van der Waals surface area contributed by atoms with Crippen molar-refractivity contribution in [3.63, 3.8) is 0 Å². The Morgan fingerprint density at radius 1 is 1.00 bits per heavy atom. The zero-order valence-corrected chi connectivity index (χ0v) is 19.0. The van der Waals surface area contributed by atoms with Gasteiger partial charge >= 0.3 is 0 Å². The zero-order chi connectivity index (χ0) is 24.1. The molecular weight excluding hydrogens is 430 g/mol. The topological polar surface area (TPSA) is 138 Å². The van der Waals surface area contributed by atoms with Crippen molar-refractivity contribution in [2.24, 2.45) is 5.73 Å². The number of ether oxygens (including phenoxy) is 4. The summed E-state index contributed by atoms with van der Waals surface area (Å²) in [5, 5.41) is 16.3.